The Bertz CT molecular complexity index is 1080. The largest absolute Gasteiger partial charge is 0.348 e. The molecular formula is C21H25N3O2S. The highest BCUT2D eigenvalue weighted by atomic mass is 32.2. The van der Waals surface area contributed by atoms with Crippen LogP contribution in [0.2, 0.25) is 0 Å². The minimum Gasteiger partial charge on any atom is -0.348 e. The van der Waals surface area contributed by atoms with Crippen molar-refractivity contribution < 1.29 is 4.79 Å². The Morgan fingerprint density at radius 1 is 1.19 bits per heavy atom. The van der Waals surface area contributed by atoms with Crippen LogP contribution in [0.15, 0.2) is 34.2 Å². The molecule has 3 aromatic rings. The van der Waals surface area contributed by atoms with Crippen molar-refractivity contribution in [1.82, 2.24) is 14.1 Å². The monoisotopic (exact) mass is 383 g/mol. The van der Waals surface area contributed by atoms with Gasteiger partial charge in [-0.15, -0.1) is 0 Å². The van der Waals surface area contributed by atoms with Crippen LogP contribution in [0.3, 0.4) is 0 Å². The minimum absolute atomic E-state index is 0.0636. The maximum absolute atomic E-state index is 12.8. The van der Waals surface area contributed by atoms with Gasteiger partial charge in [-0.05, 0) is 45.4 Å². The number of aryl methyl sites for hydroxylation is 2. The maximum atomic E-state index is 12.8. The van der Waals surface area contributed by atoms with Crippen molar-refractivity contribution in [3.8, 4) is 0 Å². The number of aromatic nitrogens is 3. The average molecular weight is 384 g/mol. The molecule has 2 heterocycles. The van der Waals surface area contributed by atoms with Gasteiger partial charge in [0.15, 0.2) is 10.9 Å². The van der Waals surface area contributed by atoms with Gasteiger partial charge in [0.1, 0.15) is 0 Å². The summed E-state index contributed by atoms with van der Waals surface area (Å²) >= 11 is 1.31. The molecule has 0 saturated heterocycles. The molecule has 0 aliphatic carbocycles. The van der Waals surface area contributed by atoms with Gasteiger partial charge in [-0.3, -0.25) is 14.2 Å². The van der Waals surface area contributed by atoms with E-state index in [0.29, 0.717) is 16.1 Å². The van der Waals surface area contributed by atoms with Crippen molar-refractivity contribution in [1.29, 1.82) is 0 Å². The standard InChI is InChI=1S/C21H25N3O2S/c1-6-9-24-14(3)11-16(15(24)4)19(25)12-27-21-22-18-8-7-13(2)10-17(18)20(26)23(21)5/h7-8,10-11H,6,9,12H2,1-5H3. The van der Waals surface area contributed by atoms with Gasteiger partial charge in [0.25, 0.3) is 5.56 Å². The number of carbonyl (C=O) groups excluding carboxylic acids is 1. The van der Waals surface area contributed by atoms with E-state index in [1.807, 2.05) is 45.0 Å². The first-order valence-electron chi connectivity index (χ1n) is 9.13. The highest BCUT2D eigenvalue weighted by Crippen LogP contribution is 2.22. The number of benzene rings is 1. The van der Waals surface area contributed by atoms with Crippen molar-refractivity contribution in [3.05, 3.63) is 57.1 Å². The summed E-state index contributed by atoms with van der Waals surface area (Å²) in [4.78, 5) is 30.0. The van der Waals surface area contributed by atoms with Gasteiger partial charge in [0.05, 0.1) is 16.7 Å². The van der Waals surface area contributed by atoms with E-state index in [9.17, 15) is 9.59 Å². The lowest BCUT2D eigenvalue weighted by Crippen LogP contribution is -2.20. The normalized spacial score (nSPS) is 11.3. The summed E-state index contributed by atoms with van der Waals surface area (Å²) in [6, 6.07) is 7.61. The van der Waals surface area contributed by atoms with Crippen LogP contribution in [-0.4, -0.2) is 25.7 Å². The molecule has 0 aliphatic rings. The van der Waals surface area contributed by atoms with Crippen molar-refractivity contribution >= 4 is 28.4 Å². The van der Waals surface area contributed by atoms with E-state index in [1.165, 1.54) is 16.3 Å². The fourth-order valence-corrected chi connectivity index (χ4v) is 4.21. The van der Waals surface area contributed by atoms with Crippen LogP contribution in [0.25, 0.3) is 10.9 Å². The van der Waals surface area contributed by atoms with E-state index in [0.717, 1.165) is 35.5 Å². The Morgan fingerprint density at radius 2 is 1.93 bits per heavy atom. The summed E-state index contributed by atoms with van der Waals surface area (Å²) in [7, 11) is 1.71. The summed E-state index contributed by atoms with van der Waals surface area (Å²) in [5.41, 5.74) is 4.49. The SMILES string of the molecule is CCCn1c(C)cc(C(=O)CSc2nc3ccc(C)cc3c(=O)n2C)c1C. The molecule has 0 spiro atoms. The average Bonchev–Trinajstić information content (AvgIpc) is 2.92. The molecule has 0 aliphatic heterocycles. The predicted molar refractivity (Wildman–Crippen MR) is 111 cm³/mol. The van der Waals surface area contributed by atoms with Gasteiger partial charge >= 0.3 is 0 Å². The number of fused-ring (bicyclic) bond motifs is 1. The third-order valence-electron chi connectivity index (χ3n) is 4.84. The molecule has 1 aromatic carbocycles. The van der Waals surface area contributed by atoms with E-state index in [-0.39, 0.29) is 17.1 Å². The number of hydrogen-bond acceptors (Lipinski definition) is 4. The van der Waals surface area contributed by atoms with Crippen LogP contribution in [0.1, 0.15) is 40.7 Å². The second-order valence-electron chi connectivity index (χ2n) is 6.93. The Hall–Kier alpha value is -2.34. The third kappa shape index (κ3) is 3.72. The lowest BCUT2D eigenvalue weighted by Gasteiger charge is -2.09. The van der Waals surface area contributed by atoms with Crippen molar-refractivity contribution in [2.24, 2.45) is 7.05 Å². The van der Waals surface area contributed by atoms with Crippen LogP contribution in [0.4, 0.5) is 0 Å². The Balaban J connectivity index is 1.86. The summed E-state index contributed by atoms with van der Waals surface area (Å²) < 4.78 is 3.71. The highest BCUT2D eigenvalue weighted by molar-refractivity contribution is 7.99. The Kier molecular flexibility index (Phi) is 5.56. The van der Waals surface area contributed by atoms with E-state index < -0.39 is 0 Å². The molecule has 6 heteroatoms. The van der Waals surface area contributed by atoms with Gasteiger partial charge in [-0.2, -0.15) is 0 Å². The molecule has 0 amide bonds. The second-order valence-corrected chi connectivity index (χ2v) is 7.87. The van der Waals surface area contributed by atoms with E-state index in [4.69, 9.17) is 0 Å². The van der Waals surface area contributed by atoms with Gasteiger partial charge in [0, 0.05) is 30.5 Å². The second kappa shape index (κ2) is 7.72. The molecule has 142 valence electrons. The first-order valence-corrected chi connectivity index (χ1v) is 10.1. The quantitative estimate of drug-likeness (QED) is 0.366. The summed E-state index contributed by atoms with van der Waals surface area (Å²) in [6.07, 6.45) is 1.03. The number of nitrogens with zero attached hydrogens (tertiary/aromatic N) is 3. The van der Waals surface area contributed by atoms with Crippen LogP contribution in [-0.2, 0) is 13.6 Å². The molecule has 0 fully saturated rings. The predicted octanol–water partition coefficient (Wildman–Crippen LogP) is 4.05. The molecule has 0 atom stereocenters. The fourth-order valence-electron chi connectivity index (χ4n) is 3.35. The van der Waals surface area contributed by atoms with Crippen LogP contribution in [0.5, 0.6) is 0 Å². The fraction of sp³-hybridized carbons (Fsp3) is 0.381. The molecule has 0 radical (unpaired) electrons. The Morgan fingerprint density at radius 3 is 2.63 bits per heavy atom. The number of carbonyl (C=O) groups is 1. The van der Waals surface area contributed by atoms with Gasteiger partial charge < -0.3 is 4.57 Å². The van der Waals surface area contributed by atoms with Gasteiger partial charge in [0.2, 0.25) is 0 Å². The molecule has 2 aromatic heterocycles. The zero-order valence-corrected chi connectivity index (χ0v) is 17.3. The van der Waals surface area contributed by atoms with Crippen LogP contribution < -0.4 is 5.56 Å². The van der Waals surface area contributed by atoms with Gasteiger partial charge in [-0.1, -0.05) is 30.3 Å². The number of hydrogen-bond donors (Lipinski definition) is 0. The molecule has 27 heavy (non-hydrogen) atoms. The van der Waals surface area contributed by atoms with E-state index >= 15 is 0 Å². The topological polar surface area (TPSA) is 56.9 Å². The van der Waals surface area contributed by atoms with E-state index in [1.54, 1.807) is 7.05 Å². The molecular weight excluding hydrogens is 358 g/mol. The third-order valence-corrected chi connectivity index (χ3v) is 5.87. The molecule has 0 saturated carbocycles. The lowest BCUT2D eigenvalue weighted by atomic mass is 10.2. The maximum Gasteiger partial charge on any atom is 0.261 e. The molecule has 0 N–H and O–H groups in total. The smallest absolute Gasteiger partial charge is 0.261 e. The van der Waals surface area contributed by atoms with Crippen molar-refractivity contribution in [2.45, 2.75) is 45.8 Å². The molecule has 0 bridgehead atoms. The van der Waals surface area contributed by atoms with E-state index in [2.05, 4.69) is 16.5 Å². The molecule has 0 unspecified atom stereocenters. The Labute approximate surface area is 163 Å². The zero-order valence-electron chi connectivity index (χ0n) is 16.5. The molecule has 5 nitrogen and oxygen atoms in total. The van der Waals surface area contributed by atoms with Crippen LogP contribution >= 0.6 is 11.8 Å². The zero-order chi connectivity index (χ0) is 19.7. The molecule has 3 rings (SSSR count). The number of thioether (sulfide) groups is 1. The number of rotatable bonds is 6. The first kappa shape index (κ1) is 19.4. The van der Waals surface area contributed by atoms with Crippen molar-refractivity contribution in [2.75, 3.05) is 5.75 Å². The minimum atomic E-state index is -0.0835. The number of ketones is 1. The van der Waals surface area contributed by atoms with Crippen molar-refractivity contribution in [3.63, 3.8) is 0 Å². The van der Waals surface area contributed by atoms with Gasteiger partial charge in [-0.25, -0.2) is 4.98 Å². The summed E-state index contributed by atoms with van der Waals surface area (Å²) in [5, 5.41) is 1.17. The summed E-state index contributed by atoms with van der Waals surface area (Å²) in [5.74, 6) is 0.322. The highest BCUT2D eigenvalue weighted by Gasteiger charge is 2.17. The number of Topliss-reactive ketones (excluding diaryl/α,β-unsaturated/α-hetero) is 1. The van der Waals surface area contributed by atoms with Crippen LogP contribution in [0, 0.1) is 20.8 Å². The first-order chi connectivity index (χ1) is 12.8. The summed E-state index contributed by atoms with van der Waals surface area (Å²) in [6.45, 7) is 9.02. The lowest BCUT2D eigenvalue weighted by molar-refractivity contribution is 0.102.